The highest BCUT2D eigenvalue weighted by atomic mass is 35.5. The molecule has 1 aliphatic carbocycles. The van der Waals surface area contributed by atoms with Crippen LogP contribution in [0.3, 0.4) is 0 Å². The quantitative estimate of drug-likeness (QED) is 0.323. The van der Waals surface area contributed by atoms with Gasteiger partial charge in [0.25, 0.3) is 5.91 Å². The molecule has 1 fully saturated rings. The van der Waals surface area contributed by atoms with E-state index in [4.69, 9.17) is 27.9 Å². The lowest BCUT2D eigenvalue weighted by Crippen LogP contribution is -2.17. The average Bonchev–Trinajstić information content (AvgIpc) is 3.61. The van der Waals surface area contributed by atoms with E-state index in [9.17, 15) is 19.1 Å². The fraction of sp³-hybridized carbons (Fsp3) is 0.259. The molecule has 0 aliphatic heterocycles. The Labute approximate surface area is 212 Å². The lowest BCUT2D eigenvalue weighted by molar-refractivity contribution is -0.138. The second-order valence-corrected chi connectivity index (χ2v) is 9.47. The van der Waals surface area contributed by atoms with Crippen LogP contribution >= 0.6 is 23.2 Å². The van der Waals surface area contributed by atoms with E-state index < -0.39 is 23.6 Å². The monoisotopic (exact) mass is 515 g/mol. The number of aryl methyl sites for hydroxylation is 2. The second-order valence-electron chi connectivity index (χ2n) is 8.71. The maximum absolute atomic E-state index is 14.8. The first-order chi connectivity index (χ1) is 16.7. The summed E-state index contributed by atoms with van der Waals surface area (Å²) in [7, 11) is 0. The van der Waals surface area contributed by atoms with Gasteiger partial charge in [0.1, 0.15) is 5.75 Å². The maximum atomic E-state index is 14.8. The van der Waals surface area contributed by atoms with E-state index >= 15 is 0 Å². The van der Waals surface area contributed by atoms with Gasteiger partial charge in [0, 0.05) is 12.0 Å². The van der Waals surface area contributed by atoms with Crippen molar-refractivity contribution < 1.29 is 23.8 Å². The molecule has 35 heavy (non-hydrogen) atoms. The van der Waals surface area contributed by atoms with Gasteiger partial charge in [-0.05, 0) is 66.6 Å². The van der Waals surface area contributed by atoms with Crippen LogP contribution in [0.2, 0.25) is 10.0 Å². The summed E-state index contributed by atoms with van der Waals surface area (Å²) >= 11 is 12.3. The van der Waals surface area contributed by atoms with Crippen molar-refractivity contribution in [2.75, 3.05) is 11.9 Å². The van der Waals surface area contributed by atoms with Crippen molar-refractivity contribution in [2.24, 2.45) is 5.92 Å². The first-order valence-electron chi connectivity index (χ1n) is 11.2. The fourth-order valence-electron chi connectivity index (χ4n) is 4.28. The van der Waals surface area contributed by atoms with Gasteiger partial charge >= 0.3 is 5.97 Å². The number of carboxylic acid groups (broad SMARTS) is 1. The van der Waals surface area contributed by atoms with E-state index in [-0.39, 0.29) is 21.7 Å². The van der Waals surface area contributed by atoms with E-state index in [1.165, 1.54) is 11.6 Å². The highest BCUT2D eigenvalue weighted by Gasteiger charge is 2.46. The average molecular weight is 516 g/mol. The topological polar surface area (TPSA) is 75.6 Å². The molecule has 0 bridgehead atoms. The third-order valence-electron chi connectivity index (χ3n) is 6.17. The minimum atomic E-state index is -0.950. The van der Waals surface area contributed by atoms with Crippen molar-refractivity contribution in [1.82, 2.24) is 0 Å². The number of anilines is 1. The third-order valence-corrected chi connectivity index (χ3v) is 7.02. The molecule has 8 heteroatoms. The Bertz CT molecular complexity index is 1270. The number of carbonyl (C=O) groups is 2. The number of carbonyl (C=O) groups excluding carboxylic acids is 1. The molecule has 1 amide bonds. The molecule has 0 unspecified atom stereocenters. The van der Waals surface area contributed by atoms with Crippen LogP contribution in [0.25, 0.3) is 0 Å². The summed E-state index contributed by atoms with van der Waals surface area (Å²) in [5.41, 5.74) is 3.17. The van der Waals surface area contributed by atoms with E-state index in [0.29, 0.717) is 41.0 Å². The molecular weight excluding hydrogens is 492 g/mol. The number of aliphatic carboxylic acids is 1. The van der Waals surface area contributed by atoms with Crippen molar-refractivity contribution in [3.63, 3.8) is 0 Å². The Kier molecular flexibility index (Phi) is 7.33. The van der Waals surface area contributed by atoms with Crippen molar-refractivity contribution in [3.05, 3.63) is 92.2 Å². The van der Waals surface area contributed by atoms with E-state index in [1.807, 2.05) is 30.3 Å². The van der Waals surface area contributed by atoms with Crippen molar-refractivity contribution in [3.8, 4) is 5.75 Å². The number of rotatable bonds is 8. The maximum Gasteiger partial charge on any atom is 0.307 e. The zero-order valence-corrected chi connectivity index (χ0v) is 20.7. The molecule has 1 aliphatic rings. The summed E-state index contributed by atoms with van der Waals surface area (Å²) in [6, 6.07) is 14.9. The zero-order valence-electron chi connectivity index (χ0n) is 19.2. The minimum absolute atomic E-state index is 0.0275. The lowest BCUT2D eigenvalue weighted by atomic mass is 10.0. The van der Waals surface area contributed by atoms with Gasteiger partial charge in [0.15, 0.2) is 5.82 Å². The van der Waals surface area contributed by atoms with E-state index in [0.717, 1.165) is 6.42 Å². The number of ether oxygens (including phenoxy) is 1. The highest BCUT2D eigenvalue weighted by Crippen LogP contribution is 2.52. The van der Waals surface area contributed by atoms with Gasteiger partial charge in [0.2, 0.25) is 0 Å². The Balaban J connectivity index is 1.51. The number of hydrogen-bond donors (Lipinski definition) is 2. The van der Waals surface area contributed by atoms with Crippen LogP contribution in [0.15, 0.2) is 48.5 Å². The van der Waals surface area contributed by atoms with Crippen molar-refractivity contribution >= 4 is 40.8 Å². The van der Waals surface area contributed by atoms with Crippen LogP contribution in [0, 0.1) is 25.6 Å². The molecule has 0 radical (unpaired) electrons. The standard InChI is InChI=1S/C27H24Cl2FNO4/c1-14-10-17(35-9-8-16-6-4-3-5-7-16)11-15(2)22(14)26(32)31-21-13-19(18-12-20(18)27(33)34)23(28)24(29)25(21)30/h3-7,10-11,13,18,20H,8-9,12H2,1-2H3,(H,31,32)(H,33,34)/t18-,20-/m0/s1. The number of nitrogens with one attached hydrogen (secondary N) is 1. The molecule has 2 atom stereocenters. The molecular formula is C27H24Cl2FNO4. The molecule has 0 spiro atoms. The predicted molar refractivity (Wildman–Crippen MR) is 134 cm³/mol. The summed E-state index contributed by atoms with van der Waals surface area (Å²) in [6.07, 6.45) is 1.14. The molecule has 0 saturated heterocycles. The summed E-state index contributed by atoms with van der Waals surface area (Å²) in [5.74, 6) is -2.65. The molecule has 3 aromatic rings. The molecule has 182 valence electrons. The van der Waals surface area contributed by atoms with E-state index in [2.05, 4.69) is 5.32 Å². The Morgan fingerprint density at radius 2 is 1.74 bits per heavy atom. The third kappa shape index (κ3) is 5.44. The van der Waals surface area contributed by atoms with Gasteiger partial charge in [-0.15, -0.1) is 0 Å². The van der Waals surface area contributed by atoms with Gasteiger partial charge in [-0.2, -0.15) is 0 Å². The number of halogens is 3. The van der Waals surface area contributed by atoms with Gasteiger partial charge in [-0.3, -0.25) is 9.59 Å². The second kappa shape index (κ2) is 10.3. The number of benzene rings is 3. The van der Waals surface area contributed by atoms with Gasteiger partial charge < -0.3 is 15.2 Å². The van der Waals surface area contributed by atoms with Gasteiger partial charge in [0.05, 0.1) is 28.3 Å². The Morgan fingerprint density at radius 3 is 2.34 bits per heavy atom. The van der Waals surface area contributed by atoms with Crippen LogP contribution in [0.4, 0.5) is 10.1 Å². The molecule has 2 N–H and O–H groups in total. The normalized spacial score (nSPS) is 16.6. The van der Waals surface area contributed by atoms with Crippen LogP contribution in [-0.2, 0) is 11.2 Å². The van der Waals surface area contributed by atoms with Gasteiger partial charge in [-0.1, -0.05) is 53.5 Å². The van der Waals surface area contributed by atoms with Crippen LogP contribution in [0.1, 0.15) is 45.0 Å². The molecule has 5 nitrogen and oxygen atoms in total. The van der Waals surface area contributed by atoms with Crippen LogP contribution in [-0.4, -0.2) is 23.6 Å². The highest BCUT2D eigenvalue weighted by molar-refractivity contribution is 6.43. The Hall–Kier alpha value is -3.09. The summed E-state index contributed by atoms with van der Waals surface area (Å²) in [5, 5.41) is 11.4. The smallest absolute Gasteiger partial charge is 0.307 e. The molecule has 0 aromatic heterocycles. The number of hydrogen-bond acceptors (Lipinski definition) is 3. The summed E-state index contributed by atoms with van der Waals surface area (Å²) < 4.78 is 20.7. The minimum Gasteiger partial charge on any atom is -0.493 e. The van der Waals surface area contributed by atoms with Gasteiger partial charge in [-0.25, -0.2) is 4.39 Å². The fourth-order valence-corrected chi connectivity index (χ4v) is 4.77. The first-order valence-corrected chi connectivity index (χ1v) is 11.9. The summed E-state index contributed by atoms with van der Waals surface area (Å²) in [6.45, 7) is 4.05. The van der Waals surface area contributed by atoms with E-state index in [1.54, 1.807) is 26.0 Å². The molecule has 0 heterocycles. The molecule has 1 saturated carbocycles. The molecule has 3 aromatic carbocycles. The Morgan fingerprint density at radius 1 is 1.09 bits per heavy atom. The predicted octanol–water partition coefficient (Wildman–Crippen LogP) is 6.81. The van der Waals surface area contributed by atoms with Crippen LogP contribution in [0.5, 0.6) is 5.75 Å². The largest absolute Gasteiger partial charge is 0.493 e. The summed E-state index contributed by atoms with van der Waals surface area (Å²) in [4.78, 5) is 24.4. The zero-order chi connectivity index (χ0) is 25.3. The van der Waals surface area contributed by atoms with Crippen LogP contribution < -0.4 is 10.1 Å². The number of amides is 1. The lowest BCUT2D eigenvalue weighted by Gasteiger charge is -2.16. The SMILES string of the molecule is Cc1cc(OCCc2ccccc2)cc(C)c1C(=O)Nc1cc([C@@H]2C[C@@H]2C(=O)O)c(Cl)c(Cl)c1F. The van der Waals surface area contributed by atoms with Crippen molar-refractivity contribution in [2.45, 2.75) is 32.6 Å². The first kappa shape index (κ1) is 25.0. The number of carboxylic acids is 1. The van der Waals surface area contributed by atoms with Crippen molar-refractivity contribution in [1.29, 1.82) is 0 Å². The molecule has 4 rings (SSSR count).